The van der Waals surface area contributed by atoms with Crippen LogP contribution in [-0.4, -0.2) is 11.0 Å². The molecule has 2 heterocycles. The molecule has 7 heteroatoms. The number of unbranched alkanes of at least 4 members (excludes halogenated alkanes) is 1. The van der Waals surface area contributed by atoms with Gasteiger partial charge in [0.1, 0.15) is 5.82 Å². The molecule has 6 nitrogen and oxygen atoms in total. The summed E-state index contributed by atoms with van der Waals surface area (Å²) in [6, 6.07) is 14.5. The third-order valence-corrected chi connectivity index (χ3v) is 6.30. The molecular formula is C26H25N5OS. The lowest BCUT2D eigenvalue weighted by atomic mass is 10.0. The first-order chi connectivity index (χ1) is 16.0. The highest BCUT2D eigenvalue weighted by atomic mass is 32.1. The van der Waals surface area contributed by atoms with Crippen LogP contribution in [0.4, 0.5) is 22.0 Å². The number of benzene rings is 2. The number of fused-ring (bicyclic) bond motifs is 1. The number of aromatic nitrogens is 1. The maximum atomic E-state index is 12.3. The van der Waals surface area contributed by atoms with Crippen LogP contribution in [0.15, 0.2) is 60.1 Å². The van der Waals surface area contributed by atoms with E-state index >= 15 is 0 Å². The molecule has 166 valence electrons. The van der Waals surface area contributed by atoms with Crippen LogP contribution in [0.3, 0.4) is 0 Å². The number of anilines is 3. The van der Waals surface area contributed by atoms with Crippen LogP contribution < -0.4 is 22.1 Å². The van der Waals surface area contributed by atoms with Crippen molar-refractivity contribution in [2.45, 2.75) is 26.3 Å². The highest BCUT2D eigenvalue weighted by molar-refractivity contribution is 7.18. The van der Waals surface area contributed by atoms with Gasteiger partial charge in [-0.2, -0.15) is 0 Å². The van der Waals surface area contributed by atoms with Crippen LogP contribution in [0.1, 0.15) is 30.9 Å². The molecule has 0 saturated heterocycles. The zero-order chi connectivity index (χ0) is 23.4. The van der Waals surface area contributed by atoms with Gasteiger partial charge in [0, 0.05) is 30.1 Å². The SMILES string of the molecule is CCCC#Cc1cnc(N)c2c(-c3ccc(N(C(N)=O)c4cccc(CN)c4)cc3)csc12. The molecule has 2 aromatic heterocycles. The van der Waals surface area contributed by atoms with Gasteiger partial charge in [0.25, 0.3) is 0 Å². The summed E-state index contributed by atoms with van der Waals surface area (Å²) in [5, 5.41) is 2.97. The summed E-state index contributed by atoms with van der Waals surface area (Å²) in [5.74, 6) is 6.88. The highest BCUT2D eigenvalue weighted by Crippen LogP contribution is 2.39. The Morgan fingerprint density at radius 1 is 1.15 bits per heavy atom. The molecule has 0 unspecified atom stereocenters. The second kappa shape index (κ2) is 9.74. The van der Waals surface area contributed by atoms with Crippen molar-refractivity contribution in [2.75, 3.05) is 10.6 Å². The third-order valence-electron chi connectivity index (χ3n) is 5.28. The fourth-order valence-electron chi connectivity index (χ4n) is 3.67. The number of urea groups is 1. The number of carbonyl (C=O) groups is 1. The van der Waals surface area contributed by atoms with Crippen LogP contribution in [0.2, 0.25) is 0 Å². The minimum Gasteiger partial charge on any atom is -0.383 e. The lowest BCUT2D eigenvalue weighted by molar-refractivity contribution is 0.256. The van der Waals surface area contributed by atoms with Crippen LogP contribution in [0, 0.1) is 11.8 Å². The molecular weight excluding hydrogens is 430 g/mol. The second-order valence-corrected chi connectivity index (χ2v) is 8.44. The Morgan fingerprint density at radius 2 is 1.94 bits per heavy atom. The molecule has 0 fully saturated rings. The molecule has 0 aliphatic heterocycles. The normalized spacial score (nSPS) is 10.6. The number of amides is 2. The molecule has 0 aliphatic rings. The van der Waals surface area contributed by atoms with E-state index in [4.69, 9.17) is 17.2 Å². The quantitative estimate of drug-likeness (QED) is 0.351. The van der Waals surface area contributed by atoms with Gasteiger partial charge in [0.15, 0.2) is 0 Å². The van der Waals surface area contributed by atoms with Gasteiger partial charge in [0.2, 0.25) is 0 Å². The number of primary amides is 1. The number of hydrogen-bond donors (Lipinski definition) is 3. The van der Waals surface area contributed by atoms with Gasteiger partial charge < -0.3 is 17.2 Å². The molecule has 0 saturated carbocycles. The molecule has 0 bridgehead atoms. The van der Waals surface area contributed by atoms with Crippen molar-refractivity contribution in [2.24, 2.45) is 11.5 Å². The van der Waals surface area contributed by atoms with Crippen molar-refractivity contribution < 1.29 is 4.79 Å². The number of thiophene rings is 1. The largest absolute Gasteiger partial charge is 0.383 e. The van der Waals surface area contributed by atoms with Crippen molar-refractivity contribution in [1.29, 1.82) is 0 Å². The number of pyridine rings is 1. The van der Waals surface area contributed by atoms with Crippen molar-refractivity contribution in [1.82, 2.24) is 4.98 Å². The predicted octanol–water partition coefficient (Wildman–Crippen LogP) is 5.37. The second-order valence-electron chi connectivity index (χ2n) is 7.56. The maximum Gasteiger partial charge on any atom is 0.323 e. The molecule has 2 amide bonds. The Kier molecular flexibility index (Phi) is 6.59. The number of hydrogen-bond acceptors (Lipinski definition) is 5. The number of nitrogen functional groups attached to an aromatic ring is 1. The van der Waals surface area contributed by atoms with E-state index < -0.39 is 6.03 Å². The van der Waals surface area contributed by atoms with Gasteiger partial charge >= 0.3 is 6.03 Å². The van der Waals surface area contributed by atoms with Gasteiger partial charge in [-0.05, 0) is 47.2 Å². The van der Waals surface area contributed by atoms with Gasteiger partial charge in [-0.1, -0.05) is 43.0 Å². The van der Waals surface area contributed by atoms with E-state index in [0.29, 0.717) is 23.7 Å². The van der Waals surface area contributed by atoms with Crippen molar-refractivity contribution >= 4 is 44.6 Å². The molecule has 4 aromatic rings. The maximum absolute atomic E-state index is 12.3. The van der Waals surface area contributed by atoms with Gasteiger partial charge in [0.05, 0.1) is 21.6 Å². The highest BCUT2D eigenvalue weighted by Gasteiger charge is 2.17. The zero-order valence-corrected chi connectivity index (χ0v) is 19.2. The van der Waals surface area contributed by atoms with Gasteiger partial charge in [-0.15, -0.1) is 11.3 Å². The minimum atomic E-state index is -0.568. The molecule has 33 heavy (non-hydrogen) atoms. The van der Waals surface area contributed by atoms with Crippen molar-refractivity contribution in [3.63, 3.8) is 0 Å². The standard InChI is InChI=1S/C26H25N5OS/c1-2-3-4-7-19-15-30-25(28)23-22(16-33-24(19)23)18-9-11-20(12-10-18)31(26(29)32)21-8-5-6-17(13-21)14-27/h5-6,8-13,15-16H,2-3,14,27H2,1H3,(H2,28,30)(H2,29,32). The Hall–Kier alpha value is -3.86. The summed E-state index contributed by atoms with van der Waals surface area (Å²) in [5.41, 5.74) is 22.8. The minimum absolute atomic E-state index is 0.380. The summed E-state index contributed by atoms with van der Waals surface area (Å²) >= 11 is 1.61. The summed E-state index contributed by atoms with van der Waals surface area (Å²) in [6.45, 7) is 2.48. The number of nitrogens with two attached hydrogens (primary N) is 3. The van der Waals surface area contributed by atoms with E-state index in [0.717, 1.165) is 45.2 Å². The topological polar surface area (TPSA) is 111 Å². The van der Waals surface area contributed by atoms with Crippen molar-refractivity contribution in [3.05, 3.63) is 71.2 Å². The average molecular weight is 456 g/mol. The fourth-order valence-corrected chi connectivity index (χ4v) is 4.72. The molecule has 2 aromatic carbocycles. The Bertz CT molecular complexity index is 1370. The number of carbonyl (C=O) groups excluding carboxylic acids is 1. The van der Waals surface area contributed by atoms with Crippen LogP contribution in [0.25, 0.3) is 21.2 Å². The summed E-state index contributed by atoms with van der Waals surface area (Å²) in [6.07, 6.45) is 3.60. The van der Waals surface area contributed by atoms with E-state index in [9.17, 15) is 4.79 Å². The molecule has 0 spiro atoms. The van der Waals surface area contributed by atoms with E-state index in [-0.39, 0.29) is 0 Å². The summed E-state index contributed by atoms with van der Waals surface area (Å²) < 4.78 is 1.03. The Balaban J connectivity index is 1.73. The first-order valence-corrected chi connectivity index (χ1v) is 11.5. The third kappa shape index (κ3) is 4.53. The first-order valence-electron chi connectivity index (χ1n) is 10.7. The van der Waals surface area contributed by atoms with Gasteiger partial charge in [-0.3, -0.25) is 4.90 Å². The average Bonchev–Trinajstić information content (AvgIpc) is 3.27. The molecule has 6 N–H and O–H groups in total. The van der Waals surface area contributed by atoms with Crippen LogP contribution in [-0.2, 0) is 6.54 Å². The number of nitrogens with zero attached hydrogens (tertiary/aromatic N) is 2. The fraction of sp³-hybridized carbons (Fsp3) is 0.154. The summed E-state index contributed by atoms with van der Waals surface area (Å²) in [4.78, 5) is 18.1. The number of rotatable bonds is 5. The molecule has 0 aliphatic carbocycles. The van der Waals surface area contributed by atoms with E-state index in [1.807, 2.05) is 48.5 Å². The molecule has 0 radical (unpaired) electrons. The lowest BCUT2D eigenvalue weighted by Gasteiger charge is -2.21. The molecule has 0 atom stereocenters. The van der Waals surface area contributed by atoms with E-state index in [1.165, 1.54) is 4.90 Å². The monoisotopic (exact) mass is 455 g/mol. The summed E-state index contributed by atoms with van der Waals surface area (Å²) in [7, 11) is 0. The lowest BCUT2D eigenvalue weighted by Crippen LogP contribution is -2.31. The van der Waals surface area contributed by atoms with Crippen LogP contribution >= 0.6 is 11.3 Å². The smallest absolute Gasteiger partial charge is 0.323 e. The molecule has 4 rings (SSSR count). The van der Waals surface area contributed by atoms with Gasteiger partial charge in [-0.25, -0.2) is 9.78 Å². The van der Waals surface area contributed by atoms with Crippen molar-refractivity contribution in [3.8, 4) is 23.0 Å². The predicted molar refractivity (Wildman–Crippen MR) is 137 cm³/mol. The zero-order valence-electron chi connectivity index (χ0n) is 18.3. The van der Waals surface area contributed by atoms with Crippen LogP contribution in [0.5, 0.6) is 0 Å². The Labute approximate surface area is 197 Å². The Morgan fingerprint density at radius 3 is 2.64 bits per heavy atom. The van der Waals surface area contributed by atoms with E-state index in [1.54, 1.807) is 17.5 Å². The first kappa shape index (κ1) is 22.3. The van der Waals surface area contributed by atoms with E-state index in [2.05, 4.69) is 29.1 Å².